The first kappa shape index (κ1) is 18.9. The molecule has 4 rings (SSSR count). The van der Waals surface area contributed by atoms with Crippen LogP contribution in [0.2, 0.25) is 0 Å². The molecule has 1 aromatic heterocycles. The van der Waals surface area contributed by atoms with Crippen molar-refractivity contribution in [1.29, 1.82) is 0 Å². The number of para-hydroxylation sites is 1. The number of fused-ring (bicyclic) bond motifs is 1. The first-order chi connectivity index (χ1) is 13.4. The molecular weight excluding hydrogens is 382 g/mol. The second-order valence-electron chi connectivity index (χ2n) is 7.25. The van der Waals surface area contributed by atoms with Crippen LogP contribution >= 0.6 is 0 Å². The topological polar surface area (TPSA) is 99.8 Å². The molecule has 0 aliphatic carbocycles. The summed E-state index contributed by atoms with van der Waals surface area (Å²) in [7, 11) is -3.06. The number of sulfone groups is 1. The lowest BCUT2D eigenvalue weighted by Crippen LogP contribution is -2.49. The van der Waals surface area contributed by atoms with Crippen LogP contribution in [0.3, 0.4) is 0 Å². The predicted octanol–water partition coefficient (Wildman–Crippen LogP) is 0.514. The zero-order valence-electron chi connectivity index (χ0n) is 15.5. The van der Waals surface area contributed by atoms with Crippen LogP contribution in [0.5, 0.6) is 0 Å². The monoisotopic (exact) mass is 405 g/mol. The number of aromatic amines is 1. The van der Waals surface area contributed by atoms with Crippen molar-refractivity contribution < 1.29 is 22.7 Å². The van der Waals surface area contributed by atoms with Gasteiger partial charge in [-0.3, -0.25) is 9.59 Å². The number of amides is 2. The van der Waals surface area contributed by atoms with Crippen molar-refractivity contribution in [1.82, 2.24) is 14.8 Å². The lowest BCUT2D eigenvalue weighted by atomic mass is 10.1. The highest BCUT2D eigenvalue weighted by atomic mass is 32.2. The highest BCUT2D eigenvalue weighted by Gasteiger charge is 2.33. The van der Waals surface area contributed by atoms with Crippen molar-refractivity contribution in [2.45, 2.75) is 0 Å². The standard InChI is InChI=1S/C19H23N3O5S/c23-18(21-7-10-28(25,26)11-8-21)15-12-22(6-9-27-13-15)19(24)16-3-1-2-14-4-5-20-17(14)16/h1-5,15,20H,6-13H2. The number of nitrogens with zero attached hydrogens (tertiary/aromatic N) is 2. The van der Waals surface area contributed by atoms with E-state index in [1.807, 2.05) is 18.2 Å². The first-order valence-corrected chi connectivity index (χ1v) is 11.2. The van der Waals surface area contributed by atoms with E-state index in [-0.39, 0.29) is 49.6 Å². The van der Waals surface area contributed by atoms with Crippen molar-refractivity contribution in [3.8, 4) is 0 Å². The normalized spacial score (nSPS) is 22.8. The molecule has 0 spiro atoms. The van der Waals surface area contributed by atoms with E-state index in [4.69, 9.17) is 4.74 Å². The Labute approximate surface area is 163 Å². The highest BCUT2D eigenvalue weighted by Crippen LogP contribution is 2.21. The SMILES string of the molecule is O=C(c1cccc2cc[nH]c12)N1CCOCC(C(=O)N2CCS(=O)(=O)CC2)C1. The molecule has 2 amide bonds. The van der Waals surface area contributed by atoms with E-state index in [1.54, 1.807) is 22.1 Å². The number of ether oxygens (including phenoxy) is 1. The van der Waals surface area contributed by atoms with Crippen LogP contribution in [0.4, 0.5) is 0 Å². The summed E-state index contributed by atoms with van der Waals surface area (Å²) in [4.78, 5) is 32.4. The van der Waals surface area contributed by atoms with Crippen LogP contribution in [0.1, 0.15) is 10.4 Å². The van der Waals surface area contributed by atoms with E-state index in [0.717, 1.165) is 10.9 Å². The van der Waals surface area contributed by atoms with Crippen LogP contribution < -0.4 is 0 Å². The molecule has 9 heteroatoms. The molecule has 150 valence electrons. The first-order valence-electron chi connectivity index (χ1n) is 9.37. The summed E-state index contributed by atoms with van der Waals surface area (Å²) >= 11 is 0. The quantitative estimate of drug-likeness (QED) is 0.785. The van der Waals surface area contributed by atoms with Gasteiger partial charge in [0.05, 0.1) is 41.7 Å². The third-order valence-corrected chi connectivity index (χ3v) is 6.98. The minimum atomic E-state index is -3.06. The molecule has 0 radical (unpaired) electrons. The summed E-state index contributed by atoms with van der Waals surface area (Å²) in [6.45, 7) is 1.68. The fourth-order valence-corrected chi connectivity index (χ4v) is 4.97. The van der Waals surface area contributed by atoms with Crippen molar-refractivity contribution in [2.75, 3.05) is 50.9 Å². The number of rotatable bonds is 2. The third kappa shape index (κ3) is 3.77. The Morgan fingerprint density at radius 1 is 1.07 bits per heavy atom. The zero-order valence-corrected chi connectivity index (χ0v) is 16.3. The number of hydrogen-bond acceptors (Lipinski definition) is 5. The van der Waals surface area contributed by atoms with Gasteiger partial charge in [0.25, 0.3) is 5.91 Å². The van der Waals surface area contributed by atoms with Crippen LogP contribution in [0, 0.1) is 5.92 Å². The Balaban J connectivity index is 1.50. The molecule has 1 atom stereocenters. The van der Waals surface area contributed by atoms with Crippen LogP contribution in [-0.4, -0.2) is 85.9 Å². The molecule has 1 N–H and O–H groups in total. The summed E-state index contributed by atoms with van der Waals surface area (Å²) in [6, 6.07) is 7.47. The summed E-state index contributed by atoms with van der Waals surface area (Å²) < 4.78 is 28.8. The molecule has 2 saturated heterocycles. The zero-order chi connectivity index (χ0) is 19.7. The van der Waals surface area contributed by atoms with Gasteiger partial charge in [-0.1, -0.05) is 12.1 Å². The summed E-state index contributed by atoms with van der Waals surface area (Å²) in [6.07, 6.45) is 1.80. The average Bonchev–Trinajstić information content (AvgIpc) is 3.03. The van der Waals surface area contributed by atoms with Crippen LogP contribution in [0.15, 0.2) is 30.5 Å². The molecule has 0 bridgehead atoms. The van der Waals surface area contributed by atoms with Gasteiger partial charge in [-0.2, -0.15) is 0 Å². The Morgan fingerprint density at radius 3 is 2.64 bits per heavy atom. The second kappa shape index (κ2) is 7.56. The smallest absolute Gasteiger partial charge is 0.256 e. The Hall–Kier alpha value is -2.39. The predicted molar refractivity (Wildman–Crippen MR) is 104 cm³/mol. The Bertz CT molecular complexity index is 986. The molecule has 28 heavy (non-hydrogen) atoms. The Morgan fingerprint density at radius 2 is 1.86 bits per heavy atom. The summed E-state index contributed by atoms with van der Waals surface area (Å²) in [5.41, 5.74) is 1.35. The maximum absolute atomic E-state index is 13.1. The number of benzene rings is 1. The van der Waals surface area contributed by atoms with Gasteiger partial charge in [-0.05, 0) is 12.1 Å². The van der Waals surface area contributed by atoms with Crippen LogP contribution in [-0.2, 0) is 19.4 Å². The van der Waals surface area contributed by atoms with Gasteiger partial charge in [0, 0.05) is 37.8 Å². The summed E-state index contributed by atoms with van der Waals surface area (Å²) in [5.74, 6) is -0.798. The van der Waals surface area contributed by atoms with E-state index < -0.39 is 15.8 Å². The van der Waals surface area contributed by atoms with Gasteiger partial charge in [-0.15, -0.1) is 0 Å². The van der Waals surface area contributed by atoms with Gasteiger partial charge in [0.2, 0.25) is 5.91 Å². The largest absolute Gasteiger partial charge is 0.379 e. The summed E-state index contributed by atoms with van der Waals surface area (Å²) in [5, 5.41) is 0.957. The van der Waals surface area contributed by atoms with E-state index in [2.05, 4.69) is 4.98 Å². The minimum Gasteiger partial charge on any atom is -0.379 e. The molecule has 1 aromatic carbocycles. The molecular formula is C19H23N3O5S. The minimum absolute atomic E-state index is 0.0101. The highest BCUT2D eigenvalue weighted by molar-refractivity contribution is 7.91. The van der Waals surface area contributed by atoms with Gasteiger partial charge in [0.1, 0.15) is 0 Å². The number of carbonyl (C=O) groups is 2. The van der Waals surface area contributed by atoms with E-state index in [9.17, 15) is 18.0 Å². The third-order valence-electron chi connectivity index (χ3n) is 5.38. The molecule has 8 nitrogen and oxygen atoms in total. The molecule has 2 aliphatic rings. The van der Waals surface area contributed by atoms with Gasteiger partial charge >= 0.3 is 0 Å². The second-order valence-corrected chi connectivity index (χ2v) is 9.55. The van der Waals surface area contributed by atoms with Crippen molar-refractivity contribution in [3.05, 3.63) is 36.0 Å². The molecule has 2 fully saturated rings. The van der Waals surface area contributed by atoms with E-state index in [0.29, 0.717) is 18.7 Å². The van der Waals surface area contributed by atoms with Crippen molar-refractivity contribution in [3.63, 3.8) is 0 Å². The molecule has 2 aromatic rings. The van der Waals surface area contributed by atoms with Crippen molar-refractivity contribution in [2.24, 2.45) is 5.92 Å². The maximum Gasteiger partial charge on any atom is 0.256 e. The van der Waals surface area contributed by atoms with Gasteiger partial charge < -0.3 is 19.5 Å². The fraction of sp³-hybridized carbons (Fsp3) is 0.474. The lowest BCUT2D eigenvalue weighted by molar-refractivity contribution is -0.136. The number of H-pyrrole nitrogens is 1. The maximum atomic E-state index is 13.1. The Kier molecular flexibility index (Phi) is 5.11. The van der Waals surface area contributed by atoms with Gasteiger partial charge in [-0.25, -0.2) is 8.42 Å². The number of hydrogen-bond donors (Lipinski definition) is 1. The average molecular weight is 405 g/mol. The van der Waals surface area contributed by atoms with E-state index >= 15 is 0 Å². The molecule has 1 unspecified atom stereocenters. The number of aromatic nitrogens is 1. The lowest BCUT2D eigenvalue weighted by Gasteiger charge is -2.31. The molecule has 0 saturated carbocycles. The van der Waals surface area contributed by atoms with Gasteiger partial charge in [0.15, 0.2) is 9.84 Å². The number of nitrogens with one attached hydrogen (secondary N) is 1. The van der Waals surface area contributed by atoms with Crippen molar-refractivity contribution >= 4 is 32.6 Å². The molecule has 3 heterocycles. The molecule has 2 aliphatic heterocycles. The van der Waals surface area contributed by atoms with Crippen LogP contribution in [0.25, 0.3) is 10.9 Å². The fourth-order valence-electron chi connectivity index (χ4n) is 3.77. The van der Waals surface area contributed by atoms with E-state index in [1.165, 1.54) is 0 Å². The number of carbonyl (C=O) groups excluding carboxylic acids is 2.